The van der Waals surface area contributed by atoms with E-state index in [0.717, 1.165) is 19.3 Å². The van der Waals surface area contributed by atoms with Crippen molar-refractivity contribution in [2.45, 2.75) is 31.5 Å². The van der Waals surface area contributed by atoms with Gasteiger partial charge in [0.05, 0.1) is 0 Å². The van der Waals surface area contributed by atoms with Crippen LogP contribution in [0.1, 0.15) is 19.3 Å². The molecule has 22 heavy (non-hydrogen) atoms. The highest BCUT2D eigenvalue weighted by Gasteiger charge is 2.56. The predicted octanol–water partition coefficient (Wildman–Crippen LogP) is 1.41. The van der Waals surface area contributed by atoms with Crippen molar-refractivity contribution in [3.8, 4) is 0 Å². The third-order valence-electron chi connectivity index (χ3n) is 5.15. The molecule has 2 aliphatic carbocycles. The number of hydrogen-bond donors (Lipinski definition) is 2. The van der Waals surface area contributed by atoms with E-state index in [1.54, 1.807) is 0 Å². The van der Waals surface area contributed by atoms with Gasteiger partial charge in [0.1, 0.15) is 6.04 Å². The molecule has 3 rings (SSSR count). The highest BCUT2D eigenvalue weighted by Crippen LogP contribution is 2.57. The summed E-state index contributed by atoms with van der Waals surface area (Å²) in [5, 5.41) is 5.60. The molecule has 0 bridgehead atoms. The third-order valence-corrected chi connectivity index (χ3v) is 5.15. The number of fused-ring (bicyclic) bond motifs is 1. The second-order valence-electron chi connectivity index (χ2n) is 6.37. The molecule has 2 N–H and O–H groups in total. The van der Waals surface area contributed by atoms with Gasteiger partial charge in [0.2, 0.25) is 5.91 Å². The zero-order chi connectivity index (χ0) is 15.0. The first-order valence-electron chi connectivity index (χ1n) is 7.77. The molecule has 0 aromatic heterocycles. The molecule has 0 spiro atoms. The summed E-state index contributed by atoms with van der Waals surface area (Å²) in [6, 6.07) is -1.57. The molecule has 0 aromatic rings. The molecule has 0 aromatic carbocycles. The van der Waals surface area contributed by atoms with Crippen LogP contribution in [0.25, 0.3) is 0 Å². The molecule has 1 saturated heterocycles. The van der Waals surface area contributed by atoms with Crippen molar-refractivity contribution in [1.29, 1.82) is 0 Å². The second-order valence-corrected chi connectivity index (χ2v) is 6.37. The van der Waals surface area contributed by atoms with E-state index in [4.69, 9.17) is 0 Å². The fraction of sp³-hybridized carbons (Fsp3) is 0.929. The molecule has 8 heteroatoms. The fourth-order valence-corrected chi connectivity index (χ4v) is 3.97. The molecule has 1 aliphatic heterocycles. The zero-order valence-corrected chi connectivity index (χ0v) is 13.2. The number of nitrogens with zero attached hydrogens (tertiary/aromatic N) is 1. The highest BCUT2D eigenvalue weighted by atomic mass is 35.5. The summed E-state index contributed by atoms with van der Waals surface area (Å²) in [5.74, 6) is 0.687. The minimum absolute atomic E-state index is 0. The average Bonchev–Trinajstić information content (AvgIpc) is 2.92. The lowest BCUT2D eigenvalue weighted by Gasteiger charge is -2.36. The van der Waals surface area contributed by atoms with Gasteiger partial charge in [0.25, 0.3) is 0 Å². The molecular formula is C14H23ClF3N3O. The quantitative estimate of drug-likeness (QED) is 0.812. The van der Waals surface area contributed by atoms with Crippen molar-refractivity contribution >= 4 is 18.3 Å². The molecular weight excluding hydrogens is 319 g/mol. The molecule has 0 radical (unpaired) electrons. The van der Waals surface area contributed by atoms with E-state index in [0.29, 0.717) is 38.0 Å². The van der Waals surface area contributed by atoms with E-state index in [1.807, 2.05) is 0 Å². The van der Waals surface area contributed by atoms with Crippen LogP contribution in [0.2, 0.25) is 0 Å². The van der Waals surface area contributed by atoms with Crippen molar-refractivity contribution in [2.75, 3.05) is 32.7 Å². The molecule has 1 heterocycles. The van der Waals surface area contributed by atoms with Crippen LogP contribution in [0.3, 0.4) is 0 Å². The van der Waals surface area contributed by atoms with Gasteiger partial charge in [-0.15, -0.1) is 12.4 Å². The van der Waals surface area contributed by atoms with Crippen molar-refractivity contribution in [2.24, 2.45) is 17.8 Å². The predicted molar refractivity (Wildman–Crippen MR) is 78.9 cm³/mol. The molecule has 3 atom stereocenters. The lowest BCUT2D eigenvalue weighted by Crippen LogP contribution is -2.57. The Kier molecular flexibility index (Phi) is 5.61. The Morgan fingerprint density at radius 1 is 1.23 bits per heavy atom. The zero-order valence-electron chi connectivity index (χ0n) is 12.4. The van der Waals surface area contributed by atoms with Crippen LogP contribution < -0.4 is 10.6 Å². The summed E-state index contributed by atoms with van der Waals surface area (Å²) in [4.78, 5) is 13.4. The standard InChI is InChI=1S/C14H22F3N3O.ClH/c15-14(16,17)11(20-6-4-18-5-7-20)8-19-13(21)12-9-2-1-3-10(9)12;/h9-12,18H,1-8H2,(H,19,21);1H. The summed E-state index contributed by atoms with van der Waals surface area (Å²) < 4.78 is 39.6. The van der Waals surface area contributed by atoms with E-state index in [-0.39, 0.29) is 30.8 Å². The van der Waals surface area contributed by atoms with Crippen LogP contribution in [-0.4, -0.2) is 55.7 Å². The first-order chi connectivity index (χ1) is 9.98. The van der Waals surface area contributed by atoms with Gasteiger partial charge in [-0.25, -0.2) is 0 Å². The number of piperazine rings is 1. The first-order valence-corrected chi connectivity index (χ1v) is 7.77. The Labute approximate surface area is 134 Å². The normalized spacial score (nSPS) is 32.8. The van der Waals surface area contributed by atoms with Gasteiger partial charge in [-0.2, -0.15) is 13.2 Å². The number of alkyl halides is 3. The summed E-state index contributed by atoms with van der Waals surface area (Å²) >= 11 is 0. The summed E-state index contributed by atoms with van der Waals surface area (Å²) in [6.45, 7) is 1.54. The van der Waals surface area contributed by atoms with E-state index in [1.165, 1.54) is 4.90 Å². The van der Waals surface area contributed by atoms with E-state index in [9.17, 15) is 18.0 Å². The van der Waals surface area contributed by atoms with Gasteiger partial charge in [-0.05, 0) is 24.7 Å². The van der Waals surface area contributed by atoms with Crippen LogP contribution in [0, 0.1) is 17.8 Å². The molecule has 3 fully saturated rings. The minimum Gasteiger partial charge on any atom is -0.354 e. The van der Waals surface area contributed by atoms with E-state index < -0.39 is 12.2 Å². The SMILES string of the molecule is Cl.O=C(NCC(N1CCNCC1)C(F)(F)F)C1C2CCCC21. The van der Waals surface area contributed by atoms with Crippen molar-refractivity contribution in [3.63, 3.8) is 0 Å². The smallest absolute Gasteiger partial charge is 0.354 e. The van der Waals surface area contributed by atoms with Crippen molar-refractivity contribution in [1.82, 2.24) is 15.5 Å². The Morgan fingerprint density at radius 2 is 1.82 bits per heavy atom. The number of amides is 1. The monoisotopic (exact) mass is 341 g/mol. The van der Waals surface area contributed by atoms with E-state index >= 15 is 0 Å². The lowest BCUT2D eigenvalue weighted by molar-refractivity contribution is -0.184. The number of carbonyl (C=O) groups is 1. The number of nitrogens with one attached hydrogen (secondary N) is 2. The van der Waals surface area contributed by atoms with E-state index in [2.05, 4.69) is 10.6 Å². The van der Waals surface area contributed by atoms with Gasteiger partial charge in [-0.3, -0.25) is 9.69 Å². The van der Waals surface area contributed by atoms with Gasteiger partial charge in [-0.1, -0.05) is 6.42 Å². The maximum atomic E-state index is 13.2. The molecule has 128 valence electrons. The summed E-state index contributed by atoms with van der Waals surface area (Å²) in [5.41, 5.74) is 0. The van der Waals surface area contributed by atoms with Gasteiger partial charge in [0.15, 0.2) is 0 Å². The van der Waals surface area contributed by atoms with Crippen molar-refractivity contribution < 1.29 is 18.0 Å². The number of carbonyl (C=O) groups excluding carboxylic acids is 1. The van der Waals surface area contributed by atoms with Crippen LogP contribution in [0.4, 0.5) is 13.2 Å². The average molecular weight is 342 g/mol. The van der Waals surface area contributed by atoms with Crippen LogP contribution in [0.15, 0.2) is 0 Å². The minimum atomic E-state index is -4.30. The summed E-state index contributed by atoms with van der Waals surface area (Å²) in [6.07, 6.45) is -1.03. The molecule has 2 saturated carbocycles. The highest BCUT2D eigenvalue weighted by molar-refractivity contribution is 5.85. The molecule has 3 aliphatic rings. The Balaban J connectivity index is 0.00000176. The topological polar surface area (TPSA) is 44.4 Å². The van der Waals surface area contributed by atoms with Crippen LogP contribution in [-0.2, 0) is 4.79 Å². The molecule has 4 nitrogen and oxygen atoms in total. The second kappa shape index (κ2) is 6.93. The van der Waals surface area contributed by atoms with Crippen molar-refractivity contribution in [3.05, 3.63) is 0 Å². The fourth-order valence-electron chi connectivity index (χ4n) is 3.97. The number of hydrogen-bond acceptors (Lipinski definition) is 3. The Hall–Kier alpha value is -0.530. The summed E-state index contributed by atoms with van der Waals surface area (Å²) in [7, 11) is 0. The first kappa shape index (κ1) is 17.8. The Morgan fingerprint density at radius 3 is 2.36 bits per heavy atom. The lowest BCUT2D eigenvalue weighted by atomic mass is 10.1. The maximum Gasteiger partial charge on any atom is 0.405 e. The molecule has 3 unspecified atom stereocenters. The largest absolute Gasteiger partial charge is 0.405 e. The van der Waals surface area contributed by atoms with Crippen LogP contribution in [0.5, 0.6) is 0 Å². The molecule has 1 amide bonds. The van der Waals surface area contributed by atoms with Gasteiger partial charge in [0, 0.05) is 38.6 Å². The van der Waals surface area contributed by atoms with Gasteiger partial charge < -0.3 is 10.6 Å². The number of halogens is 4. The van der Waals surface area contributed by atoms with Crippen LogP contribution >= 0.6 is 12.4 Å². The number of rotatable bonds is 4. The Bertz CT molecular complexity index is 391. The van der Waals surface area contributed by atoms with Gasteiger partial charge >= 0.3 is 6.18 Å². The maximum absolute atomic E-state index is 13.2. The third kappa shape index (κ3) is 3.68.